The highest BCUT2D eigenvalue weighted by atomic mass is 32.1. The minimum Gasteiger partial charge on any atom is -0.357 e. The number of hydrogen-bond donors (Lipinski definition) is 1. The minimum absolute atomic E-state index is 0.324. The molecule has 5 heteroatoms. The lowest BCUT2D eigenvalue weighted by Gasteiger charge is -2.12. The predicted molar refractivity (Wildman–Crippen MR) is 66.9 cm³/mol. The van der Waals surface area contributed by atoms with Crippen LogP contribution < -0.4 is 5.32 Å². The average molecular weight is 236 g/mol. The highest BCUT2D eigenvalue weighted by Crippen LogP contribution is 2.21. The molecule has 0 spiro atoms. The van der Waals surface area contributed by atoms with Crippen molar-refractivity contribution in [3.8, 4) is 0 Å². The van der Waals surface area contributed by atoms with Crippen molar-refractivity contribution in [2.24, 2.45) is 0 Å². The first kappa shape index (κ1) is 11.1. The van der Waals surface area contributed by atoms with Crippen molar-refractivity contribution in [1.29, 1.82) is 0 Å². The summed E-state index contributed by atoms with van der Waals surface area (Å²) in [5.41, 5.74) is 1.11. The van der Waals surface area contributed by atoms with E-state index >= 15 is 0 Å². The van der Waals surface area contributed by atoms with Gasteiger partial charge in [0, 0.05) is 23.3 Å². The molecule has 0 aliphatic heterocycles. The molecule has 2 aromatic heterocycles. The number of thiazole rings is 1. The van der Waals surface area contributed by atoms with Gasteiger partial charge in [-0.3, -0.25) is 4.68 Å². The maximum Gasteiger partial charge on any atom is 0.183 e. The van der Waals surface area contributed by atoms with E-state index in [9.17, 15) is 0 Å². The van der Waals surface area contributed by atoms with E-state index in [0.717, 1.165) is 17.4 Å². The van der Waals surface area contributed by atoms with Gasteiger partial charge in [-0.05, 0) is 26.8 Å². The van der Waals surface area contributed by atoms with Crippen molar-refractivity contribution in [3.63, 3.8) is 0 Å². The minimum atomic E-state index is 0.324. The molecule has 0 bridgehead atoms. The number of aryl methyl sites for hydroxylation is 2. The van der Waals surface area contributed by atoms with Gasteiger partial charge in [-0.1, -0.05) is 0 Å². The summed E-state index contributed by atoms with van der Waals surface area (Å²) in [5, 5.41) is 8.56. The van der Waals surface area contributed by atoms with Gasteiger partial charge in [0.15, 0.2) is 5.13 Å². The molecule has 1 N–H and O–H groups in total. The number of hydrogen-bond acceptors (Lipinski definition) is 4. The van der Waals surface area contributed by atoms with Crippen LogP contribution in [0, 0.1) is 13.8 Å². The lowest BCUT2D eigenvalue weighted by Crippen LogP contribution is -2.22. The SMILES string of the molecule is Cc1nc(NC(C)Cn2cccn2)sc1C. The topological polar surface area (TPSA) is 42.7 Å². The fraction of sp³-hybridized carbons (Fsp3) is 0.455. The fourth-order valence-corrected chi connectivity index (χ4v) is 2.41. The van der Waals surface area contributed by atoms with Crippen LogP contribution in [0.3, 0.4) is 0 Å². The zero-order valence-corrected chi connectivity index (χ0v) is 10.6. The Morgan fingerprint density at radius 2 is 2.31 bits per heavy atom. The summed E-state index contributed by atoms with van der Waals surface area (Å²) in [6.45, 7) is 7.12. The van der Waals surface area contributed by atoms with E-state index in [1.807, 2.05) is 23.9 Å². The van der Waals surface area contributed by atoms with Gasteiger partial charge >= 0.3 is 0 Å². The zero-order chi connectivity index (χ0) is 11.5. The van der Waals surface area contributed by atoms with Crippen molar-refractivity contribution in [2.75, 3.05) is 5.32 Å². The number of rotatable bonds is 4. The lowest BCUT2D eigenvalue weighted by molar-refractivity contribution is 0.560. The summed E-state index contributed by atoms with van der Waals surface area (Å²) in [7, 11) is 0. The number of aromatic nitrogens is 3. The molecule has 0 radical (unpaired) electrons. The second-order valence-corrected chi connectivity index (χ2v) is 5.14. The predicted octanol–water partition coefficient (Wildman–Crippen LogP) is 2.46. The maximum atomic E-state index is 4.46. The third kappa shape index (κ3) is 2.61. The van der Waals surface area contributed by atoms with E-state index < -0.39 is 0 Å². The third-order valence-corrected chi connectivity index (χ3v) is 3.42. The second kappa shape index (κ2) is 4.65. The van der Waals surface area contributed by atoms with Gasteiger partial charge in [0.25, 0.3) is 0 Å². The average Bonchev–Trinajstić information content (AvgIpc) is 2.78. The Morgan fingerprint density at radius 3 is 2.88 bits per heavy atom. The summed E-state index contributed by atoms with van der Waals surface area (Å²) in [6, 6.07) is 2.26. The van der Waals surface area contributed by atoms with E-state index in [0.29, 0.717) is 6.04 Å². The highest BCUT2D eigenvalue weighted by Gasteiger charge is 2.07. The van der Waals surface area contributed by atoms with Crippen LogP contribution in [0.15, 0.2) is 18.5 Å². The molecule has 0 aromatic carbocycles. The summed E-state index contributed by atoms with van der Waals surface area (Å²) in [5.74, 6) is 0. The quantitative estimate of drug-likeness (QED) is 0.886. The molecule has 1 atom stereocenters. The van der Waals surface area contributed by atoms with Gasteiger partial charge < -0.3 is 5.32 Å². The molecular formula is C11H16N4S. The van der Waals surface area contributed by atoms with E-state index in [1.165, 1.54) is 4.88 Å². The smallest absolute Gasteiger partial charge is 0.183 e. The van der Waals surface area contributed by atoms with Gasteiger partial charge in [-0.25, -0.2) is 4.98 Å². The van der Waals surface area contributed by atoms with Crippen molar-refractivity contribution in [3.05, 3.63) is 29.0 Å². The Balaban J connectivity index is 1.94. The molecule has 0 aliphatic carbocycles. The highest BCUT2D eigenvalue weighted by molar-refractivity contribution is 7.15. The monoisotopic (exact) mass is 236 g/mol. The molecule has 86 valence electrons. The third-order valence-electron chi connectivity index (χ3n) is 2.42. The largest absolute Gasteiger partial charge is 0.357 e. The van der Waals surface area contributed by atoms with Crippen LogP contribution in [0.1, 0.15) is 17.5 Å². The van der Waals surface area contributed by atoms with E-state index in [-0.39, 0.29) is 0 Å². The van der Waals surface area contributed by atoms with Crippen molar-refractivity contribution < 1.29 is 0 Å². The molecule has 2 rings (SSSR count). The Hall–Kier alpha value is -1.36. The lowest BCUT2D eigenvalue weighted by atomic mass is 10.3. The summed E-state index contributed by atoms with van der Waals surface area (Å²) in [4.78, 5) is 5.73. The first-order valence-corrected chi connectivity index (χ1v) is 6.15. The molecule has 2 aromatic rings. The van der Waals surface area contributed by atoms with Crippen LogP contribution in [0.2, 0.25) is 0 Å². The van der Waals surface area contributed by atoms with Gasteiger partial charge in [0.05, 0.1) is 12.2 Å². The van der Waals surface area contributed by atoms with E-state index in [4.69, 9.17) is 0 Å². The molecule has 0 saturated carbocycles. The van der Waals surface area contributed by atoms with Crippen LogP contribution in [0.25, 0.3) is 0 Å². The molecule has 1 unspecified atom stereocenters. The molecule has 4 nitrogen and oxygen atoms in total. The van der Waals surface area contributed by atoms with Gasteiger partial charge in [0.2, 0.25) is 0 Å². The molecule has 0 saturated heterocycles. The van der Waals surface area contributed by atoms with E-state index in [2.05, 4.69) is 29.2 Å². The Morgan fingerprint density at radius 1 is 1.50 bits per heavy atom. The maximum absolute atomic E-state index is 4.46. The Bertz CT molecular complexity index is 427. The van der Waals surface area contributed by atoms with Gasteiger partial charge in [-0.2, -0.15) is 5.10 Å². The van der Waals surface area contributed by atoms with Crippen LogP contribution in [-0.2, 0) is 6.54 Å². The number of anilines is 1. The summed E-state index contributed by atoms with van der Waals surface area (Å²) < 4.78 is 1.92. The normalized spacial score (nSPS) is 12.7. The summed E-state index contributed by atoms with van der Waals surface area (Å²) >= 11 is 1.70. The van der Waals surface area contributed by atoms with Gasteiger partial charge in [-0.15, -0.1) is 11.3 Å². The first-order valence-electron chi connectivity index (χ1n) is 5.33. The van der Waals surface area contributed by atoms with Crippen LogP contribution in [-0.4, -0.2) is 20.8 Å². The first-order chi connectivity index (χ1) is 7.65. The van der Waals surface area contributed by atoms with Crippen molar-refractivity contribution in [2.45, 2.75) is 33.4 Å². The fourth-order valence-electron chi connectivity index (χ4n) is 1.48. The molecule has 2 heterocycles. The Kier molecular flexibility index (Phi) is 3.24. The van der Waals surface area contributed by atoms with Gasteiger partial charge in [0.1, 0.15) is 0 Å². The zero-order valence-electron chi connectivity index (χ0n) is 9.77. The number of nitrogens with zero attached hydrogens (tertiary/aromatic N) is 3. The molecule has 0 aliphatic rings. The van der Waals surface area contributed by atoms with E-state index in [1.54, 1.807) is 17.5 Å². The van der Waals surface area contributed by atoms with Crippen LogP contribution in [0.5, 0.6) is 0 Å². The molecule has 16 heavy (non-hydrogen) atoms. The molecule has 0 amide bonds. The van der Waals surface area contributed by atoms with Crippen molar-refractivity contribution in [1.82, 2.24) is 14.8 Å². The summed E-state index contributed by atoms with van der Waals surface area (Å²) in [6.07, 6.45) is 3.76. The van der Waals surface area contributed by atoms with Crippen LogP contribution in [0.4, 0.5) is 5.13 Å². The number of nitrogens with one attached hydrogen (secondary N) is 1. The second-order valence-electron chi connectivity index (χ2n) is 3.93. The standard InChI is InChI=1S/C11H16N4S/c1-8(7-15-6-4-5-12-15)13-11-14-9(2)10(3)16-11/h4-6,8H,7H2,1-3H3,(H,13,14). The molecule has 0 fully saturated rings. The van der Waals surface area contributed by atoms with Crippen LogP contribution >= 0.6 is 11.3 Å². The Labute approximate surface area is 99.3 Å². The molecular weight excluding hydrogens is 220 g/mol. The van der Waals surface area contributed by atoms with Crippen molar-refractivity contribution >= 4 is 16.5 Å².